The average molecular weight is 284 g/mol. The summed E-state index contributed by atoms with van der Waals surface area (Å²) in [5.41, 5.74) is 4.66. The molecule has 2 heterocycles. The molecule has 0 bridgehead atoms. The van der Waals surface area contributed by atoms with E-state index in [1.807, 2.05) is 18.7 Å². The van der Waals surface area contributed by atoms with Crippen LogP contribution < -0.4 is 0 Å². The van der Waals surface area contributed by atoms with Gasteiger partial charge in [0.2, 0.25) is 0 Å². The van der Waals surface area contributed by atoms with Crippen molar-refractivity contribution in [3.05, 3.63) is 54.6 Å². The van der Waals surface area contributed by atoms with Crippen molar-refractivity contribution < 1.29 is 0 Å². The predicted molar refractivity (Wildman–Crippen MR) is 84.7 cm³/mol. The lowest BCUT2D eigenvalue weighted by Crippen LogP contribution is -2.30. The minimum absolute atomic E-state index is 0.129. The van der Waals surface area contributed by atoms with Gasteiger partial charge in [-0.1, -0.05) is 30.3 Å². The number of hydrogen-bond acceptors (Lipinski definition) is 2. The van der Waals surface area contributed by atoms with E-state index < -0.39 is 0 Å². The van der Waals surface area contributed by atoms with Gasteiger partial charge in [0.1, 0.15) is 11.1 Å². The molecule has 1 aliphatic carbocycles. The van der Waals surface area contributed by atoms with Crippen LogP contribution in [0.1, 0.15) is 18.4 Å². The molecule has 1 aromatic carbocycles. The zero-order valence-corrected chi connectivity index (χ0v) is 12.2. The Balaban J connectivity index is 1.68. The summed E-state index contributed by atoms with van der Waals surface area (Å²) in [4.78, 5) is 9.05. The third-order valence-corrected chi connectivity index (χ3v) is 6.75. The Labute approximate surface area is 122 Å². The first kappa shape index (κ1) is 12.2. The second kappa shape index (κ2) is 4.77. The molecule has 2 atom stereocenters. The van der Waals surface area contributed by atoms with E-state index in [-0.39, 0.29) is 16.4 Å². The highest BCUT2D eigenvalue weighted by Gasteiger charge is 2.42. The number of rotatable bonds is 4. The van der Waals surface area contributed by atoms with Gasteiger partial charge in [-0.15, -0.1) is 0 Å². The molecule has 0 amide bonds. The van der Waals surface area contributed by atoms with Gasteiger partial charge >= 0.3 is 0 Å². The van der Waals surface area contributed by atoms with Gasteiger partial charge in [0.15, 0.2) is 0 Å². The van der Waals surface area contributed by atoms with Crippen LogP contribution in [-0.2, 0) is 12.1 Å². The Kier molecular flexibility index (Phi) is 2.91. The van der Waals surface area contributed by atoms with Crippen LogP contribution >= 0.6 is 10.9 Å². The van der Waals surface area contributed by atoms with Crippen molar-refractivity contribution >= 4 is 16.4 Å². The zero-order valence-electron chi connectivity index (χ0n) is 11.3. The minimum atomic E-state index is -0.137. The van der Waals surface area contributed by atoms with Crippen LogP contribution in [0.15, 0.2) is 54.0 Å². The van der Waals surface area contributed by atoms with Crippen LogP contribution in [0.3, 0.4) is 0 Å². The summed E-state index contributed by atoms with van der Waals surface area (Å²) in [7, 11) is -0.137. The van der Waals surface area contributed by atoms with E-state index in [1.54, 1.807) is 0 Å². The third kappa shape index (κ3) is 2.18. The summed E-state index contributed by atoms with van der Waals surface area (Å²) < 4.78 is 2.14. The van der Waals surface area contributed by atoms with Crippen molar-refractivity contribution in [3.63, 3.8) is 0 Å². The summed E-state index contributed by atoms with van der Waals surface area (Å²) in [5, 5.41) is 0.891. The largest absolute Gasteiger partial charge is 0.335 e. The van der Waals surface area contributed by atoms with Gasteiger partial charge in [-0.3, -0.25) is 4.99 Å². The lowest BCUT2D eigenvalue weighted by Gasteiger charge is -2.28. The summed E-state index contributed by atoms with van der Waals surface area (Å²) in [6.45, 7) is 0.871. The van der Waals surface area contributed by atoms with E-state index in [2.05, 4.69) is 45.4 Å². The summed E-state index contributed by atoms with van der Waals surface area (Å²) in [6.07, 6.45) is 8.51. The zero-order chi connectivity index (χ0) is 13.4. The fraction of sp³-hybridized carbons (Fsp3) is 0.375. The fourth-order valence-electron chi connectivity index (χ4n) is 2.87. The molecule has 1 aliphatic heterocycles. The molecule has 1 saturated carbocycles. The summed E-state index contributed by atoms with van der Waals surface area (Å²) in [5.74, 6) is 1.15. The third-order valence-electron chi connectivity index (χ3n) is 4.13. The second-order valence-electron chi connectivity index (χ2n) is 5.70. The monoisotopic (exact) mass is 284 g/mol. The van der Waals surface area contributed by atoms with Gasteiger partial charge in [-0.25, -0.2) is 15.9 Å². The van der Waals surface area contributed by atoms with Crippen LogP contribution in [0.2, 0.25) is 0 Å². The van der Waals surface area contributed by atoms with Gasteiger partial charge in [-0.2, -0.15) is 0 Å². The number of nitrogens with zero attached hydrogens (tertiary/aromatic N) is 3. The van der Waals surface area contributed by atoms with Crippen LogP contribution in [0.4, 0.5) is 0 Å². The molecule has 0 N–H and O–H groups in total. The van der Waals surface area contributed by atoms with Crippen LogP contribution in [0.5, 0.6) is 0 Å². The number of benzene rings is 1. The first-order valence-electron chi connectivity index (χ1n) is 7.11. The Hall–Kier alpha value is -1.55. The lowest BCUT2D eigenvalue weighted by atomic mass is 9.92. The average Bonchev–Trinajstić information content (AvgIpc) is 3.06. The number of aromatic nitrogens is 2. The first-order chi connectivity index (χ1) is 9.86. The van der Waals surface area contributed by atoms with Gasteiger partial charge in [0.05, 0.1) is 12.9 Å². The number of hydrogen-bond donors (Lipinski definition) is 1. The van der Waals surface area contributed by atoms with Crippen molar-refractivity contribution in [1.82, 2.24) is 9.55 Å². The molecule has 1 radical (unpaired) electrons. The summed E-state index contributed by atoms with van der Waals surface area (Å²) >= 11 is 0. The number of thiol groups is 1. The van der Waals surface area contributed by atoms with Gasteiger partial charge in [0.25, 0.3) is 0 Å². The van der Waals surface area contributed by atoms with E-state index in [9.17, 15) is 0 Å². The molecule has 3 nitrogen and oxygen atoms in total. The van der Waals surface area contributed by atoms with Crippen molar-refractivity contribution in [1.29, 1.82) is 0 Å². The van der Waals surface area contributed by atoms with Gasteiger partial charge in [0, 0.05) is 18.1 Å². The minimum Gasteiger partial charge on any atom is -0.335 e. The Morgan fingerprint density at radius 2 is 2.15 bits per heavy atom. The van der Waals surface area contributed by atoms with Crippen LogP contribution in [-0.4, -0.2) is 26.1 Å². The van der Waals surface area contributed by atoms with E-state index in [0.717, 1.165) is 17.5 Å². The molecular formula is C16H18N3S. The second-order valence-corrected chi connectivity index (χ2v) is 7.89. The van der Waals surface area contributed by atoms with Crippen LogP contribution in [0.25, 0.3) is 0 Å². The number of aliphatic imine (C=N–C) groups is 1. The molecule has 4 heteroatoms. The predicted octanol–water partition coefficient (Wildman–Crippen LogP) is 2.86. The Morgan fingerprint density at radius 1 is 1.30 bits per heavy atom. The van der Waals surface area contributed by atoms with Crippen molar-refractivity contribution in [2.45, 2.75) is 30.2 Å². The summed E-state index contributed by atoms with van der Waals surface area (Å²) in [6, 6.07) is 10.7. The molecule has 2 aliphatic rings. The molecular weight excluding hydrogens is 266 g/mol. The maximum Gasteiger partial charge on any atom is 0.112 e. The molecule has 4 rings (SSSR count). The molecule has 0 spiro atoms. The Bertz CT molecular complexity index is 604. The highest BCUT2D eigenvalue weighted by molar-refractivity contribution is 8.29. The van der Waals surface area contributed by atoms with Crippen molar-refractivity contribution in [3.8, 4) is 0 Å². The number of imidazole rings is 1. The highest BCUT2D eigenvalue weighted by Crippen LogP contribution is 2.53. The quantitative estimate of drug-likeness (QED) is 0.860. The van der Waals surface area contributed by atoms with Crippen LogP contribution in [0, 0.1) is 0 Å². The van der Waals surface area contributed by atoms with E-state index in [1.165, 1.54) is 18.4 Å². The maximum atomic E-state index is 4.89. The van der Waals surface area contributed by atoms with Gasteiger partial charge in [-0.05, 0) is 23.7 Å². The smallest absolute Gasteiger partial charge is 0.112 e. The molecule has 103 valence electrons. The molecule has 0 saturated heterocycles. The standard InChI is InChI=1S/C16H18N3S/c1-2-4-14(5-3-1)16(10-19-9-8-17-12-19)11-20(13-18-16)15-6-7-15/h1-5,8-9,12,15,20H,6-7,10-11H2. The SMILES string of the molecule is [C]1=NC(Cn2ccnc2)(c2ccccc2)C[SH]1C1CC1. The molecule has 2 unspecified atom stereocenters. The molecule has 1 fully saturated rings. The highest BCUT2D eigenvalue weighted by atomic mass is 32.2. The Morgan fingerprint density at radius 3 is 2.85 bits per heavy atom. The molecule has 20 heavy (non-hydrogen) atoms. The first-order valence-corrected chi connectivity index (χ1v) is 8.71. The van der Waals surface area contributed by atoms with E-state index in [4.69, 9.17) is 4.99 Å². The van der Waals surface area contributed by atoms with E-state index in [0.29, 0.717) is 0 Å². The normalized spacial score (nSPS) is 30.7. The van der Waals surface area contributed by atoms with Crippen molar-refractivity contribution in [2.75, 3.05) is 5.75 Å². The molecule has 2 aromatic rings. The maximum absolute atomic E-state index is 4.89. The van der Waals surface area contributed by atoms with Crippen molar-refractivity contribution in [2.24, 2.45) is 4.99 Å². The lowest BCUT2D eigenvalue weighted by molar-refractivity contribution is 0.429. The fourth-order valence-corrected chi connectivity index (χ4v) is 5.37. The molecule has 1 aromatic heterocycles. The van der Waals surface area contributed by atoms with Gasteiger partial charge < -0.3 is 4.57 Å². The van der Waals surface area contributed by atoms with E-state index >= 15 is 0 Å². The topological polar surface area (TPSA) is 30.2 Å².